The van der Waals surface area contributed by atoms with Crippen LogP contribution in [0.3, 0.4) is 0 Å². The molecule has 0 spiro atoms. The molecule has 16 heavy (non-hydrogen) atoms. The zero-order valence-electron chi connectivity index (χ0n) is 9.27. The molecule has 0 atom stereocenters. The smallest absolute Gasteiger partial charge is 0.379 e. The van der Waals surface area contributed by atoms with Crippen molar-refractivity contribution in [2.75, 3.05) is 21.3 Å². The van der Waals surface area contributed by atoms with Gasteiger partial charge in [0.25, 0.3) is 5.78 Å². The van der Waals surface area contributed by atoms with Gasteiger partial charge in [0.1, 0.15) is 0 Å². The van der Waals surface area contributed by atoms with E-state index in [4.69, 9.17) is 9.47 Å². The molecule has 0 amide bonds. The monoisotopic (exact) mass is 224 g/mol. The third-order valence-electron chi connectivity index (χ3n) is 2.02. The summed E-state index contributed by atoms with van der Waals surface area (Å²) in [6.45, 7) is 0. The van der Waals surface area contributed by atoms with Gasteiger partial charge >= 0.3 is 5.97 Å². The third-order valence-corrected chi connectivity index (χ3v) is 2.02. The Morgan fingerprint density at radius 3 is 2.25 bits per heavy atom. The fourth-order valence-corrected chi connectivity index (χ4v) is 1.27. The molecule has 0 radical (unpaired) electrons. The van der Waals surface area contributed by atoms with Crippen molar-refractivity contribution in [2.45, 2.75) is 0 Å². The van der Waals surface area contributed by atoms with Crippen LogP contribution in [0.1, 0.15) is 10.4 Å². The molecule has 0 saturated carbocycles. The highest BCUT2D eigenvalue weighted by Gasteiger charge is 2.22. The van der Waals surface area contributed by atoms with Crippen LogP contribution in [0.5, 0.6) is 11.5 Å². The average molecular weight is 224 g/mol. The lowest BCUT2D eigenvalue weighted by Gasteiger charge is -2.10. The predicted molar refractivity (Wildman–Crippen MR) is 55.9 cm³/mol. The van der Waals surface area contributed by atoms with E-state index in [-0.39, 0.29) is 11.3 Å². The number of esters is 1. The van der Waals surface area contributed by atoms with E-state index in [0.29, 0.717) is 5.75 Å². The molecule has 1 aromatic rings. The van der Waals surface area contributed by atoms with Gasteiger partial charge in [-0.15, -0.1) is 0 Å². The van der Waals surface area contributed by atoms with Crippen molar-refractivity contribution in [3.63, 3.8) is 0 Å². The Balaban J connectivity index is 3.23. The van der Waals surface area contributed by atoms with Crippen LogP contribution >= 0.6 is 0 Å². The van der Waals surface area contributed by atoms with Crippen molar-refractivity contribution in [3.8, 4) is 11.5 Å². The van der Waals surface area contributed by atoms with Crippen molar-refractivity contribution in [1.82, 2.24) is 0 Å². The number of hydrogen-bond donors (Lipinski definition) is 0. The molecule has 0 N–H and O–H groups in total. The normalized spacial score (nSPS) is 9.44. The van der Waals surface area contributed by atoms with Crippen molar-refractivity contribution in [3.05, 3.63) is 23.8 Å². The number of rotatable bonds is 4. The summed E-state index contributed by atoms with van der Waals surface area (Å²) >= 11 is 0. The molecule has 1 rings (SSSR count). The number of ketones is 1. The van der Waals surface area contributed by atoms with Gasteiger partial charge in [0, 0.05) is 0 Å². The molecule has 0 unspecified atom stereocenters. The number of carbonyl (C=O) groups excluding carboxylic acids is 2. The maximum Gasteiger partial charge on any atom is 0.379 e. The van der Waals surface area contributed by atoms with Crippen LogP contribution in [-0.4, -0.2) is 33.1 Å². The number of ether oxygens (including phenoxy) is 3. The highest BCUT2D eigenvalue weighted by molar-refractivity contribution is 6.41. The van der Waals surface area contributed by atoms with E-state index in [1.807, 2.05) is 0 Å². The van der Waals surface area contributed by atoms with Crippen LogP contribution in [0.25, 0.3) is 0 Å². The van der Waals surface area contributed by atoms with E-state index in [1.165, 1.54) is 20.3 Å². The number of Topliss-reactive ketones (excluding diaryl/α,β-unsaturated/α-hetero) is 1. The number of methoxy groups -OCH3 is 3. The Morgan fingerprint density at radius 2 is 1.75 bits per heavy atom. The first-order valence-electron chi connectivity index (χ1n) is 4.49. The first kappa shape index (κ1) is 12.0. The summed E-state index contributed by atoms with van der Waals surface area (Å²) < 4.78 is 14.4. The van der Waals surface area contributed by atoms with Crippen LogP contribution in [0, 0.1) is 0 Å². The van der Waals surface area contributed by atoms with E-state index in [9.17, 15) is 9.59 Å². The van der Waals surface area contributed by atoms with Crippen LogP contribution < -0.4 is 9.47 Å². The van der Waals surface area contributed by atoms with Crippen LogP contribution in [0.15, 0.2) is 18.2 Å². The summed E-state index contributed by atoms with van der Waals surface area (Å²) in [6.07, 6.45) is 0. The van der Waals surface area contributed by atoms with Gasteiger partial charge in [0.2, 0.25) is 0 Å². The van der Waals surface area contributed by atoms with E-state index < -0.39 is 11.8 Å². The summed E-state index contributed by atoms with van der Waals surface area (Å²) in [7, 11) is 3.99. The molecule has 0 aromatic heterocycles. The van der Waals surface area contributed by atoms with Crippen molar-refractivity contribution in [2.24, 2.45) is 0 Å². The zero-order chi connectivity index (χ0) is 12.1. The largest absolute Gasteiger partial charge is 0.493 e. The highest BCUT2D eigenvalue weighted by Crippen LogP contribution is 2.30. The van der Waals surface area contributed by atoms with Gasteiger partial charge in [-0.1, -0.05) is 6.07 Å². The van der Waals surface area contributed by atoms with Crippen LogP contribution in [0.2, 0.25) is 0 Å². The molecule has 0 aliphatic carbocycles. The molecule has 0 fully saturated rings. The van der Waals surface area contributed by atoms with E-state index >= 15 is 0 Å². The minimum absolute atomic E-state index is 0.119. The number of hydrogen-bond acceptors (Lipinski definition) is 5. The van der Waals surface area contributed by atoms with Gasteiger partial charge in [-0.25, -0.2) is 4.79 Å². The molecular weight excluding hydrogens is 212 g/mol. The highest BCUT2D eigenvalue weighted by atomic mass is 16.5. The Labute approximate surface area is 92.9 Å². The van der Waals surface area contributed by atoms with Gasteiger partial charge in [0.05, 0.1) is 26.9 Å². The first-order chi connectivity index (χ1) is 7.65. The van der Waals surface area contributed by atoms with Gasteiger partial charge in [0.15, 0.2) is 11.5 Å². The van der Waals surface area contributed by atoms with Gasteiger partial charge in [-0.05, 0) is 12.1 Å². The zero-order valence-corrected chi connectivity index (χ0v) is 9.27. The molecule has 0 bridgehead atoms. The quantitative estimate of drug-likeness (QED) is 0.434. The molecule has 0 heterocycles. The number of benzene rings is 1. The SMILES string of the molecule is COC(=O)C(=O)c1cccc(OC)c1OC. The maximum absolute atomic E-state index is 11.6. The summed E-state index contributed by atoms with van der Waals surface area (Å²) in [6, 6.07) is 4.70. The second-order valence-electron chi connectivity index (χ2n) is 2.86. The lowest BCUT2D eigenvalue weighted by Crippen LogP contribution is -2.16. The van der Waals surface area contributed by atoms with Crippen molar-refractivity contribution >= 4 is 11.8 Å². The topological polar surface area (TPSA) is 61.8 Å². The first-order valence-corrected chi connectivity index (χ1v) is 4.49. The number of carbonyl (C=O) groups is 2. The molecule has 0 aliphatic rings. The lowest BCUT2D eigenvalue weighted by atomic mass is 10.1. The minimum atomic E-state index is -0.938. The fraction of sp³-hybridized carbons (Fsp3) is 0.273. The molecule has 0 saturated heterocycles. The van der Waals surface area contributed by atoms with E-state index in [0.717, 1.165) is 7.11 Å². The molecule has 0 aliphatic heterocycles. The maximum atomic E-state index is 11.6. The van der Waals surface area contributed by atoms with E-state index in [2.05, 4.69) is 4.74 Å². The Hall–Kier alpha value is -2.04. The van der Waals surface area contributed by atoms with Crippen LogP contribution in [-0.2, 0) is 9.53 Å². The summed E-state index contributed by atoms with van der Waals surface area (Å²) in [5, 5.41) is 0. The minimum Gasteiger partial charge on any atom is -0.493 e. The summed E-state index contributed by atoms with van der Waals surface area (Å²) in [4.78, 5) is 22.7. The lowest BCUT2D eigenvalue weighted by molar-refractivity contribution is -0.135. The Kier molecular flexibility index (Phi) is 3.88. The average Bonchev–Trinajstić information content (AvgIpc) is 2.35. The predicted octanol–water partition coefficient (Wildman–Crippen LogP) is 1.06. The second-order valence-corrected chi connectivity index (χ2v) is 2.86. The standard InChI is InChI=1S/C11H12O5/c1-14-8-6-4-5-7(10(8)15-2)9(12)11(13)16-3/h4-6H,1-3H3. The van der Waals surface area contributed by atoms with E-state index in [1.54, 1.807) is 12.1 Å². The molecule has 5 heteroatoms. The van der Waals surface area contributed by atoms with Crippen molar-refractivity contribution in [1.29, 1.82) is 0 Å². The molecule has 1 aromatic carbocycles. The molecular formula is C11H12O5. The molecule has 86 valence electrons. The summed E-state index contributed by atoms with van der Waals surface area (Å²) in [5.41, 5.74) is 0.119. The van der Waals surface area contributed by atoms with Gasteiger partial charge in [-0.2, -0.15) is 0 Å². The Morgan fingerprint density at radius 1 is 1.06 bits per heavy atom. The van der Waals surface area contributed by atoms with Crippen LogP contribution in [0.4, 0.5) is 0 Å². The third kappa shape index (κ3) is 2.13. The second kappa shape index (κ2) is 5.16. The summed E-state index contributed by atoms with van der Waals surface area (Å²) in [5.74, 6) is -1.09. The fourth-order valence-electron chi connectivity index (χ4n) is 1.27. The van der Waals surface area contributed by atoms with Gasteiger partial charge in [-0.3, -0.25) is 4.79 Å². The molecule has 5 nitrogen and oxygen atoms in total. The number of para-hydroxylation sites is 1. The van der Waals surface area contributed by atoms with Crippen molar-refractivity contribution < 1.29 is 23.8 Å². The van der Waals surface area contributed by atoms with Gasteiger partial charge < -0.3 is 14.2 Å². The Bertz CT molecular complexity index is 411.